The fourth-order valence-corrected chi connectivity index (χ4v) is 4.19. The lowest BCUT2D eigenvalue weighted by Gasteiger charge is -2.19. The highest BCUT2D eigenvalue weighted by molar-refractivity contribution is 5.93. The van der Waals surface area contributed by atoms with Crippen LogP contribution in [0.1, 0.15) is 50.3 Å². The molecule has 2 aromatic heterocycles. The molecule has 222 valence electrons. The van der Waals surface area contributed by atoms with E-state index < -0.39 is 29.6 Å². The number of carbonyl (C=O) groups excluding carboxylic acids is 2. The fourth-order valence-electron chi connectivity index (χ4n) is 4.19. The van der Waals surface area contributed by atoms with Crippen molar-refractivity contribution in [2.24, 2.45) is 0 Å². The van der Waals surface area contributed by atoms with Crippen molar-refractivity contribution in [2.45, 2.75) is 59.0 Å². The topological polar surface area (TPSA) is 99.9 Å². The van der Waals surface area contributed by atoms with E-state index in [2.05, 4.69) is 10.3 Å². The number of amides is 1. The van der Waals surface area contributed by atoms with Gasteiger partial charge in [-0.05, 0) is 75.2 Å². The van der Waals surface area contributed by atoms with Crippen molar-refractivity contribution in [3.8, 4) is 16.9 Å². The molecular formula is C31H31F3N2O6. The summed E-state index contributed by atoms with van der Waals surface area (Å²) in [5.41, 5.74) is 1.95. The van der Waals surface area contributed by atoms with Crippen LogP contribution in [0.4, 0.5) is 18.0 Å². The summed E-state index contributed by atoms with van der Waals surface area (Å²) >= 11 is 0. The number of nitrogens with one attached hydrogen (secondary N) is 1. The maximum absolute atomic E-state index is 13.6. The second kappa shape index (κ2) is 12.5. The Balaban J connectivity index is 1.65. The highest BCUT2D eigenvalue weighted by Gasteiger charge is 2.35. The van der Waals surface area contributed by atoms with E-state index in [0.29, 0.717) is 33.7 Å². The lowest BCUT2D eigenvalue weighted by atomic mass is 10.0. The Morgan fingerprint density at radius 2 is 1.79 bits per heavy atom. The molecule has 0 unspecified atom stereocenters. The number of benzene rings is 2. The minimum atomic E-state index is -4.68. The van der Waals surface area contributed by atoms with Gasteiger partial charge in [-0.25, -0.2) is 4.79 Å². The summed E-state index contributed by atoms with van der Waals surface area (Å²) in [6, 6.07) is 14.5. The molecule has 42 heavy (non-hydrogen) atoms. The first-order valence-electron chi connectivity index (χ1n) is 13.2. The predicted octanol–water partition coefficient (Wildman–Crippen LogP) is 7.22. The molecule has 0 radical (unpaired) electrons. The zero-order valence-electron chi connectivity index (χ0n) is 23.6. The number of carbonyl (C=O) groups is 2. The zero-order chi connectivity index (χ0) is 30.5. The van der Waals surface area contributed by atoms with Gasteiger partial charge in [0.1, 0.15) is 23.5 Å². The van der Waals surface area contributed by atoms with Crippen molar-refractivity contribution in [1.29, 1.82) is 0 Å². The number of alkyl halides is 3. The Labute approximate surface area is 240 Å². The third kappa shape index (κ3) is 8.02. The van der Waals surface area contributed by atoms with Crippen LogP contribution in [0.2, 0.25) is 0 Å². The third-order valence-corrected chi connectivity index (χ3v) is 5.90. The van der Waals surface area contributed by atoms with Crippen molar-refractivity contribution >= 4 is 23.0 Å². The maximum atomic E-state index is 13.6. The molecule has 0 atom stereocenters. The van der Waals surface area contributed by atoms with E-state index in [4.69, 9.17) is 18.6 Å². The molecule has 2 aromatic carbocycles. The van der Waals surface area contributed by atoms with Crippen LogP contribution in [-0.4, -0.2) is 29.3 Å². The number of ether oxygens (including phenoxy) is 3. The predicted molar refractivity (Wildman–Crippen MR) is 149 cm³/mol. The van der Waals surface area contributed by atoms with Gasteiger partial charge in [-0.2, -0.15) is 13.2 Å². The summed E-state index contributed by atoms with van der Waals surface area (Å²) < 4.78 is 62.3. The van der Waals surface area contributed by atoms with Crippen molar-refractivity contribution in [3.05, 3.63) is 83.4 Å². The van der Waals surface area contributed by atoms with E-state index in [0.717, 1.165) is 6.07 Å². The minimum absolute atomic E-state index is 0.00739. The van der Waals surface area contributed by atoms with E-state index in [9.17, 15) is 22.8 Å². The zero-order valence-corrected chi connectivity index (χ0v) is 23.6. The van der Waals surface area contributed by atoms with Gasteiger partial charge in [-0.3, -0.25) is 9.78 Å². The summed E-state index contributed by atoms with van der Waals surface area (Å²) in [6.45, 7) is 7.24. The van der Waals surface area contributed by atoms with Crippen LogP contribution in [0.3, 0.4) is 0 Å². The van der Waals surface area contributed by atoms with Gasteiger partial charge in [-0.1, -0.05) is 18.2 Å². The van der Waals surface area contributed by atoms with Gasteiger partial charge in [-0.15, -0.1) is 0 Å². The second-order valence-corrected chi connectivity index (χ2v) is 10.4. The average molecular weight is 585 g/mol. The molecule has 4 rings (SSSR count). The lowest BCUT2D eigenvalue weighted by molar-refractivity contribution is -0.152. The molecule has 0 aliphatic rings. The Kier molecular flexibility index (Phi) is 9.08. The van der Waals surface area contributed by atoms with Crippen LogP contribution >= 0.6 is 0 Å². The minimum Gasteiger partial charge on any atom is -0.489 e. The van der Waals surface area contributed by atoms with Gasteiger partial charge in [0, 0.05) is 22.7 Å². The molecule has 1 amide bonds. The SMILES string of the molecule is CCOC(=O)Cc1ccccc1OCc1cc(-c2ccnc(CNC(=O)OC(C)(C)C)c2)c2oc(C(F)(F)F)cc2c1. The van der Waals surface area contributed by atoms with Gasteiger partial charge in [0.2, 0.25) is 5.76 Å². The van der Waals surface area contributed by atoms with E-state index in [1.165, 1.54) is 6.20 Å². The second-order valence-electron chi connectivity index (χ2n) is 10.4. The number of hydrogen-bond donors (Lipinski definition) is 1. The molecule has 8 nitrogen and oxygen atoms in total. The molecule has 0 bridgehead atoms. The molecule has 0 aliphatic carbocycles. The van der Waals surface area contributed by atoms with Crippen molar-refractivity contribution in [2.75, 3.05) is 6.61 Å². The maximum Gasteiger partial charge on any atom is 0.449 e. The van der Waals surface area contributed by atoms with Gasteiger partial charge in [0.15, 0.2) is 0 Å². The number of para-hydroxylation sites is 1. The van der Waals surface area contributed by atoms with Crippen molar-refractivity contribution in [1.82, 2.24) is 10.3 Å². The Morgan fingerprint density at radius 3 is 2.50 bits per heavy atom. The van der Waals surface area contributed by atoms with Crippen LogP contribution in [-0.2, 0) is 40.0 Å². The molecule has 1 N–H and O–H groups in total. The molecule has 0 fully saturated rings. The third-order valence-electron chi connectivity index (χ3n) is 5.90. The fraction of sp³-hybridized carbons (Fsp3) is 0.323. The first-order valence-corrected chi connectivity index (χ1v) is 13.2. The van der Waals surface area contributed by atoms with Gasteiger partial charge < -0.3 is 23.9 Å². The monoisotopic (exact) mass is 584 g/mol. The van der Waals surface area contributed by atoms with Crippen LogP contribution in [0, 0.1) is 0 Å². The van der Waals surface area contributed by atoms with Gasteiger partial charge >= 0.3 is 18.2 Å². The standard InChI is InChI=1S/C31H31F3N2O6/c1-5-39-27(37)16-21-8-6-7-9-25(21)40-18-19-12-22-15-26(31(32,33)34)41-28(22)24(13-19)20-10-11-35-23(14-20)17-36-29(38)42-30(2,3)4/h6-15H,5,16-18H2,1-4H3,(H,36,38). The Hall–Kier alpha value is -4.54. The number of pyridine rings is 1. The normalized spacial score (nSPS) is 11.8. The van der Waals surface area contributed by atoms with Crippen LogP contribution in [0.15, 0.2) is 65.2 Å². The molecule has 11 heteroatoms. The lowest BCUT2D eigenvalue weighted by Crippen LogP contribution is -2.32. The highest BCUT2D eigenvalue weighted by atomic mass is 19.4. The van der Waals surface area contributed by atoms with Crippen LogP contribution < -0.4 is 10.1 Å². The van der Waals surface area contributed by atoms with Crippen LogP contribution in [0.5, 0.6) is 5.75 Å². The number of fused-ring (bicyclic) bond motifs is 1. The first kappa shape index (κ1) is 30.4. The summed E-state index contributed by atoms with van der Waals surface area (Å²) in [4.78, 5) is 28.4. The molecule has 4 aromatic rings. The molecule has 0 saturated heterocycles. The Bertz CT molecular complexity index is 1570. The number of halogens is 3. The average Bonchev–Trinajstić information content (AvgIpc) is 3.35. The molecular weight excluding hydrogens is 553 g/mol. The number of furan rings is 1. The quantitative estimate of drug-likeness (QED) is 0.207. The van der Waals surface area contributed by atoms with E-state index in [1.54, 1.807) is 76.2 Å². The highest BCUT2D eigenvalue weighted by Crippen LogP contribution is 2.39. The van der Waals surface area contributed by atoms with Crippen molar-refractivity contribution in [3.63, 3.8) is 0 Å². The molecule has 0 spiro atoms. The number of rotatable bonds is 9. The van der Waals surface area contributed by atoms with Crippen molar-refractivity contribution < 1.29 is 41.4 Å². The number of hydrogen-bond acceptors (Lipinski definition) is 7. The van der Waals surface area contributed by atoms with Gasteiger partial charge in [0.05, 0.1) is 25.3 Å². The number of nitrogens with zero attached hydrogens (tertiary/aromatic N) is 1. The summed E-state index contributed by atoms with van der Waals surface area (Å²) in [7, 11) is 0. The van der Waals surface area contributed by atoms with Crippen LogP contribution in [0.25, 0.3) is 22.1 Å². The number of aromatic nitrogens is 1. The van der Waals surface area contributed by atoms with E-state index in [1.807, 2.05) is 0 Å². The summed E-state index contributed by atoms with van der Waals surface area (Å²) in [6.07, 6.45) is -3.79. The molecule has 0 saturated carbocycles. The molecule has 2 heterocycles. The van der Waals surface area contributed by atoms with Gasteiger partial charge in [0.25, 0.3) is 0 Å². The van der Waals surface area contributed by atoms with E-state index >= 15 is 0 Å². The molecule has 0 aliphatic heterocycles. The smallest absolute Gasteiger partial charge is 0.449 e. The Morgan fingerprint density at radius 1 is 1.02 bits per heavy atom. The first-order chi connectivity index (χ1) is 19.8. The summed E-state index contributed by atoms with van der Waals surface area (Å²) in [5.74, 6) is -1.07. The van der Waals surface area contributed by atoms with E-state index in [-0.39, 0.29) is 37.1 Å². The number of alkyl carbamates (subject to hydrolysis) is 1. The summed E-state index contributed by atoms with van der Waals surface area (Å²) in [5, 5.41) is 2.86. The largest absolute Gasteiger partial charge is 0.489 e. The number of esters is 1.